The summed E-state index contributed by atoms with van der Waals surface area (Å²) in [4.78, 5) is 0. The van der Waals surface area contributed by atoms with Gasteiger partial charge in [-0.1, -0.05) is 26.7 Å². The molecule has 0 aromatic carbocycles. The summed E-state index contributed by atoms with van der Waals surface area (Å²) in [6, 6.07) is 0. The van der Waals surface area contributed by atoms with E-state index in [2.05, 4.69) is 0 Å². The van der Waals surface area contributed by atoms with Gasteiger partial charge in [0.2, 0.25) is 0 Å². The SMILES string of the molecule is CCC[C@H](C)[O-].[Li+]. The van der Waals surface area contributed by atoms with Crippen molar-refractivity contribution in [3.8, 4) is 0 Å². The van der Waals surface area contributed by atoms with Crippen LogP contribution >= 0.6 is 0 Å². The molecule has 0 spiro atoms. The smallest absolute Gasteiger partial charge is 0.852 e. The van der Waals surface area contributed by atoms with Gasteiger partial charge in [-0.05, 0) is 0 Å². The maximum absolute atomic E-state index is 10.1. The van der Waals surface area contributed by atoms with Gasteiger partial charge in [-0.25, -0.2) is 0 Å². The van der Waals surface area contributed by atoms with Crippen LogP contribution in [0.2, 0.25) is 0 Å². The summed E-state index contributed by atoms with van der Waals surface area (Å²) in [6.07, 6.45) is 1.49. The van der Waals surface area contributed by atoms with Crippen LogP contribution in [0, 0.1) is 0 Å². The molecular weight excluding hydrogens is 83.0 g/mol. The fourth-order valence-electron chi connectivity index (χ4n) is 0.407. The van der Waals surface area contributed by atoms with Gasteiger partial charge in [0.25, 0.3) is 0 Å². The zero-order valence-electron chi connectivity index (χ0n) is 5.40. The minimum absolute atomic E-state index is 0. The third-order valence-corrected chi connectivity index (χ3v) is 0.695. The van der Waals surface area contributed by atoms with Crippen LogP contribution in [-0.4, -0.2) is 6.10 Å². The van der Waals surface area contributed by atoms with Crippen LogP contribution in [-0.2, 0) is 0 Å². The van der Waals surface area contributed by atoms with Gasteiger partial charge in [0.05, 0.1) is 0 Å². The Kier molecular flexibility index (Phi) is 9.86. The van der Waals surface area contributed by atoms with Crippen molar-refractivity contribution in [1.29, 1.82) is 0 Å². The van der Waals surface area contributed by atoms with Crippen LogP contribution in [0.3, 0.4) is 0 Å². The molecule has 38 valence electrons. The normalized spacial score (nSPS) is 12.4. The van der Waals surface area contributed by atoms with Crippen LogP contribution < -0.4 is 24.0 Å². The Morgan fingerprint density at radius 1 is 1.57 bits per heavy atom. The molecule has 0 bridgehead atoms. The van der Waals surface area contributed by atoms with E-state index in [0.29, 0.717) is 0 Å². The molecule has 0 aliphatic heterocycles. The van der Waals surface area contributed by atoms with E-state index in [1.54, 1.807) is 6.92 Å². The Morgan fingerprint density at radius 2 is 2.00 bits per heavy atom. The summed E-state index contributed by atoms with van der Waals surface area (Å²) in [6.45, 7) is 3.72. The summed E-state index contributed by atoms with van der Waals surface area (Å²) in [5, 5.41) is 10.1. The monoisotopic (exact) mass is 94.1 g/mol. The van der Waals surface area contributed by atoms with Crippen LogP contribution in [0.15, 0.2) is 0 Å². The molecule has 0 aliphatic rings. The van der Waals surface area contributed by atoms with E-state index in [1.165, 1.54) is 0 Å². The van der Waals surface area contributed by atoms with Crippen LogP contribution in [0.4, 0.5) is 0 Å². The average molecular weight is 94.1 g/mol. The molecule has 0 aromatic rings. The molecule has 0 saturated heterocycles. The van der Waals surface area contributed by atoms with E-state index >= 15 is 0 Å². The van der Waals surface area contributed by atoms with Gasteiger partial charge < -0.3 is 5.11 Å². The van der Waals surface area contributed by atoms with Gasteiger partial charge in [-0.3, -0.25) is 0 Å². The molecule has 0 unspecified atom stereocenters. The van der Waals surface area contributed by atoms with E-state index in [9.17, 15) is 5.11 Å². The topological polar surface area (TPSA) is 23.1 Å². The zero-order valence-corrected chi connectivity index (χ0v) is 5.40. The van der Waals surface area contributed by atoms with Gasteiger partial charge in [-0.15, -0.1) is 6.10 Å². The van der Waals surface area contributed by atoms with E-state index < -0.39 is 0 Å². The summed E-state index contributed by atoms with van der Waals surface area (Å²) < 4.78 is 0. The maximum atomic E-state index is 10.1. The Balaban J connectivity index is 0. The third kappa shape index (κ3) is 10.8. The summed E-state index contributed by atoms with van der Waals surface area (Å²) in [7, 11) is 0. The predicted octanol–water partition coefficient (Wildman–Crippen LogP) is -2.46. The fraction of sp³-hybridized carbons (Fsp3) is 1.00. The largest absolute Gasteiger partial charge is 1.00 e. The minimum atomic E-state index is -0.352. The molecule has 0 saturated carbocycles. The molecule has 0 radical (unpaired) electrons. The molecule has 0 fully saturated rings. The van der Waals surface area contributed by atoms with Crippen molar-refractivity contribution < 1.29 is 24.0 Å². The first kappa shape index (κ1) is 10.5. The summed E-state index contributed by atoms with van der Waals surface area (Å²) in [5.74, 6) is 0. The van der Waals surface area contributed by atoms with Crippen LogP contribution in [0.1, 0.15) is 26.7 Å². The van der Waals surface area contributed by atoms with E-state index in [-0.39, 0.29) is 25.0 Å². The fourth-order valence-corrected chi connectivity index (χ4v) is 0.407. The van der Waals surface area contributed by atoms with Crippen molar-refractivity contribution in [2.45, 2.75) is 32.8 Å². The first-order valence-corrected chi connectivity index (χ1v) is 2.43. The Labute approximate surface area is 57.3 Å². The molecule has 0 aromatic heterocycles. The Morgan fingerprint density at radius 3 is 2.00 bits per heavy atom. The van der Waals surface area contributed by atoms with Crippen molar-refractivity contribution >= 4 is 0 Å². The van der Waals surface area contributed by atoms with Gasteiger partial charge in [-0.2, -0.15) is 0 Å². The Bertz CT molecular complexity index is 29.3. The average Bonchev–Trinajstić information content (AvgIpc) is 1.35. The minimum Gasteiger partial charge on any atom is -0.852 e. The first-order valence-electron chi connectivity index (χ1n) is 2.43. The third-order valence-electron chi connectivity index (χ3n) is 0.695. The second-order valence-corrected chi connectivity index (χ2v) is 1.60. The van der Waals surface area contributed by atoms with E-state index in [1.807, 2.05) is 6.92 Å². The van der Waals surface area contributed by atoms with Gasteiger partial charge in [0, 0.05) is 0 Å². The molecule has 1 nitrogen and oxygen atoms in total. The molecule has 0 aliphatic carbocycles. The van der Waals surface area contributed by atoms with Crippen molar-refractivity contribution in [3.05, 3.63) is 0 Å². The standard InChI is InChI=1S/C5H11O.Li/c1-3-4-5(2)6;/h5H,3-4H2,1-2H3;/q-1;+1/t5-;/m0./s1. The summed E-state index contributed by atoms with van der Waals surface area (Å²) >= 11 is 0. The molecule has 0 heterocycles. The first-order chi connectivity index (χ1) is 2.77. The Hall–Kier alpha value is 0.557. The van der Waals surface area contributed by atoms with Crippen molar-refractivity contribution in [2.24, 2.45) is 0 Å². The summed E-state index contributed by atoms with van der Waals surface area (Å²) in [5.41, 5.74) is 0. The van der Waals surface area contributed by atoms with Gasteiger partial charge >= 0.3 is 18.9 Å². The zero-order chi connectivity index (χ0) is 4.99. The number of hydrogen-bond donors (Lipinski definition) is 0. The van der Waals surface area contributed by atoms with E-state index in [4.69, 9.17) is 0 Å². The van der Waals surface area contributed by atoms with Crippen molar-refractivity contribution in [3.63, 3.8) is 0 Å². The second kappa shape index (κ2) is 6.56. The van der Waals surface area contributed by atoms with Crippen molar-refractivity contribution in [2.75, 3.05) is 0 Å². The predicted molar refractivity (Wildman–Crippen MR) is 24.4 cm³/mol. The van der Waals surface area contributed by atoms with Crippen LogP contribution in [0.5, 0.6) is 0 Å². The molecule has 0 N–H and O–H groups in total. The van der Waals surface area contributed by atoms with E-state index in [0.717, 1.165) is 12.8 Å². The number of hydrogen-bond acceptors (Lipinski definition) is 1. The van der Waals surface area contributed by atoms with Crippen LogP contribution in [0.25, 0.3) is 0 Å². The molecule has 0 rings (SSSR count). The van der Waals surface area contributed by atoms with Crippen molar-refractivity contribution in [1.82, 2.24) is 0 Å². The van der Waals surface area contributed by atoms with Gasteiger partial charge in [0.15, 0.2) is 0 Å². The quantitative estimate of drug-likeness (QED) is 0.348. The second-order valence-electron chi connectivity index (χ2n) is 1.60. The molecule has 1 atom stereocenters. The number of rotatable bonds is 2. The molecule has 0 amide bonds. The maximum Gasteiger partial charge on any atom is 1.00 e. The molecular formula is C5H11LiO. The molecule has 2 heteroatoms. The molecule has 7 heavy (non-hydrogen) atoms. The van der Waals surface area contributed by atoms with Gasteiger partial charge in [0.1, 0.15) is 0 Å².